The lowest BCUT2D eigenvalue weighted by Gasteiger charge is -2.33. The van der Waals surface area contributed by atoms with Crippen LogP contribution in [0.2, 0.25) is 4.34 Å². The molecule has 6 nitrogen and oxygen atoms in total. The average Bonchev–Trinajstić information content (AvgIpc) is 3.13. The number of carbonyl (C=O) groups is 1. The van der Waals surface area contributed by atoms with Gasteiger partial charge in [-0.3, -0.25) is 4.79 Å². The number of carbonyl (C=O) groups excluding carboxylic acids is 1. The summed E-state index contributed by atoms with van der Waals surface area (Å²) in [5.41, 5.74) is 0. The molecule has 2 aromatic rings. The first kappa shape index (κ1) is 20.5. The molecule has 146 valence electrons. The van der Waals surface area contributed by atoms with Gasteiger partial charge in [0.2, 0.25) is 5.91 Å². The summed E-state index contributed by atoms with van der Waals surface area (Å²) in [6.45, 7) is 1.34. The average molecular weight is 447 g/mol. The van der Waals surface area contributed by atoms with Crippen LogP contribution in [-0.2, 0) is 14.8 Å². The SMILES string of the molecule is COc1cccc(SCC(=O)N2CCN(S(=O)(=O)c3ccc(Cl)s3)CC2)c1. The summed E-state index contributed by atoms with van der Waals surface area (Å²) in [6.07, 6.45) is 0. The molecule has 0 spiro atoms. The molecular formula is C17H19ClN2O4S3. The van der Waals surface area contributed by atoms with Gasteiger partial charge in [0.05, 0.1) is 17.2 Å². The summed E-state index contributed by atoms with van der Waals surface area (Å²) in [5, 5.41) is 0. The van der Waals surface area contributed by atoms with Crippen molar-refractivity contribution in [1.82, 2.24) is 9.21 Å². The van der Waals surface area contributed by atoms with Crippen molar-refractivity contribution in [3.05, 3.63) is 40.7 Å². The van der Waals surface area contributed by atoms with Crippen LogP contribution in [0.25, 0.3) is 0 Å². The molecule has 1 aliphatic heterocycles. The van der Waals surface area contributed by atoms with Crippen LogP contribution in [0.15, 0.2) is 45.5 Å². The quantitative estimate of drug-likeness (QED) is 0.638. The Morgan fingerprint density at radius 2 is 1.96 bits per heavy atom. The second-order valence-electron chi connectivity index (χ2n) is 5.81. The number of nitrogens with zero attached hydrogens (tertiary/aromatic N) is 2. The minimum absolute atomic E-state index is 0.000893. The molecule has 0 N–H and O–H groups in total. The molecule has 0 aliphatic carbocycles. The number of benzene rings is 1. The molecule has 10 heteroatoms. The van der Waals surface area contributed by atoms with Crippen LogP contribution < -0.4 is 4.74 Å². The monoisotopic (exact) mass is 446 g/mol. The molecular weight excluding hydrogens is 428 g/mol. The van der Waals surface area contributed by atoms with E-state index in [2.05, 4.69) is 0 Å². The number of halogens is 1. The summed E-state index contributed by atoms with van der Waals surface area (Å²) in [7, 11) is -1.94. The van der Waals surface area contributed by atoms with E-state index in [1.165, 1.54) is 22.1 Å². The second-order valence-corrected chi connectivity index (χ2v) is 10.7. The molecule has 1 saturated heterocycles. The van der Waals surface area contributed by atoms with Gasteiger partial charge >= 0.3 is 0 Å². The van der Waals surface area contributed by atoms with Crippen molar-refractivity contribution in [2.45, 2.75) is 9.10 Å². The lowest BCUT2D eigenvalue weighted by molar-refractivity contribution is -0.129. The Bertz CT molecular complexity index is 908. The zero-order valence-corrected chi connectivity index (χ0v) is 17.8. The Morgan fingerprint density at radius 1 is 1.22 bits per heavy atom. The van der Waals surface area contributed by atoms with Gasteiger partial charge in [-0.05, 0) is 30.3 Å². The summed E-state index contributed by atoms with van der Waals surface area (Å²) in [4.78, 5) is 15.1. The van der Waals surface area contributed by atoms with Crippen molar-refractivity contribution in [3.8, 4) is 5.75 Å². The first-order chi connectivity index (χ1) is 12.9. The van der Waals surface area contributed by atoms with Gasteiger partial charge in [-0.15, -0.1) is 23.1 Å². The Labute approximate surface area is 172 Å². The standard InChI is InChI=1S/C17H19ClN2O4S3/c1-24-13-3-2-4-14(11-13)25-12-16(21)19-7-9-20(10-8-19)27(22,23)17-6-5-15(18)26-17/h2-6,11H,7-10,12H2,1H3. The third-order valence-corrected chi connectivity index (χ3v) is 8.71. The van der Waals surface area contributed by atoms with Gasteiger partial charge in [0.25, 0.3) is 10.0 Å². The molecule has 27 heavy (non-hydrogen) atoms. The van der Waals surface area contributed by atoms with Crippen molar-refractivity contribution < 1.29 is 17.9 Å². The number of sulfonamides is 1. The minimum atomic E-state index is -3.54. The van der Waals surface area contributed by atoms with Gasteiger partial charge < -0.3 is 9.64 Å². The normalized spacial score (nSPS) is 15.7. The number of ether oxygens (including phenoxy) is 1. The highest BCUT2D eigenvalue weighted by molar-refractivity contribution is 8.00. The van der Waals surface area contributed by atoms with E-state index in [0.717, 1.165) is 22.0 Å². The molecule has 1 amide bonds. The lowest BCUT2D eigenvalue weighted by Crippen LogP contribution is -2.50. The van der Waals surface area contributed by atoms with E-state index in [1.54, 1.807) is 18.1 Å². The second kappa shape index (κ2) is 8.83. The molecule has 1 aliphatic rings. The van der Waals surface area contributed by atoms with E-state index in [1.807, 2.05) is 24.3 Å². The number of rotatable bonds is 6. The fraction of sp³-hybridized carbons (Fsp3) is 0.353. The zero-order valence-electron chi connectivity index (χ0n) is 14.6. The largest absolute Gasteiger partial charge is 0.497 e. The highest BCUT2D eigenvalue weighted by atomic mass is 35.5. The highest BCUT2D eigenvalue weighted by Crippen LogP contribution is 2.29. The number of hydrogen-bond donors (Lipinski definition) is 0. The first-order valence-electron chi connectivity index (χ1n) is 8.20. The maximum atomic E-state index is 12.6. The fourth-order valence-electron chi connectivity index (χ4n) is 2.67. The predicted molar refractivity (Wildman–Crippen MR) is 108 cm³/mol. The van der Waals surface area contributed by atoms with Gasteiger partial charge in [-0.2, -0.15) is 4.31 Å². The third-order valence-electron chi connectivity index (χ3n) is 4.14. The van der Waals surface area contributed by atoms with Gasteiger partial charge in [-0.25, -0.2) is 8.42 Å². The maximum Gasteiger partial charge on any atom is 0.252 e. The molecule has 0 saturated carbocycles. The van der Waals surface area contributed by atoms with Gasteiger partial charge in [0.1, 0.15) is 9.96 Å². The number of hydrogen-bond acceptors (Lipinski definition) is 6. The number of thioether (sulfide) groups is 1. The van der Waals surface area contributed by atoms with E-state index >= 15 is 0 Å². The molecule has 0 radical (unpaired) electrons. The maximum absolute atomic E-state index is 12.6. The third kappa shape index (κ3) is 4.97. The van der Waals surface area contributed by atoms with Gasteiger partial charge in [0.15, 0.2) is 0 Å². The lowest BCUT2D eigenvalue weighted by atomic mass is 10.3. The van der Waals surface area contributed by atoms with Crippen LogP contribution in [0.4, 0.5) is 0 Å². The molecule has 1 aromatic carbocycles. The first-order valence-corrected chi connectivity index (χ1v) is 11.8. The van der Waals surface area contributed by atoms with Crippen molar-refractivity contribution in [1.29, 1.82) is 0 Å². The van der Waals surface area contributed by atoms with E-state index in [-0.39, 0.29) is 23.2 Å². The molecule has 0 atom stereocenters. The van der Waals surface area contributed by atoms with Gasteiger partial charge in [-0.1, -0.05) is 17.7 Å². The molecule has 1 fully saturated rings. The van der Waals surface area contributed by atoms with Crippen molar-refractivity contribution >= 4 is 50.6 Å². The minimum Gasteiger partial charge on any atom is -0.497 e. The van der Waals surface area contributed by atoms with Crippen molar-refractivity contribution in [3.63, 3.8) is 0 Å². The molecule has 2 heterocycles. The molecule has 3 rings (SSSR count). The van der Waals surface area contributed by atoms with E-state index in [0.29, 0.717) is 23.2 Å². The Hall–Kier alpha value is -1.26. The molecule has 1 aromatic heterocycles. The van der Waals surface area contributed by atoms with Crippen LogP contribution in [0.5, 0.6) is 5.75 Å². The molecule has 0 unspecified atom stereocenters. The zero-order chi connectivity index (χ0) is 19.4. The van der Waals surface area contributed by atoms with E-state index < -0.39 is 10.0 Å². The van der Waals surface area contributed by atoms with Crippen LogP contribution in [0.1, 0.15) is 0 Å². The number of amides is 1. The summed E-state index contributed by atoms with van der Waals surface area (Å²) in [6, 6.07) is 10.6. The van der Waals surface area contributed by atoms with Crippen LogP contribution in [0, 0.1) is 0 Å². The van der Waals surface area contributed by atoms with E-state index in [9.17, 15) is 13.2 Å². The highest BCUT2D eigenvalue weighted by Gasteiger charge is 2.31. The summed E-state index contributed by atoms with van der Waals surface area (Å²) >= 11 is 8.33. The topological polar surface area (TPSA) is 66.9 Å². The fourth-order valence-corrected chi connectivity index (χ4v) is 6.58. The smallest absolute Gasteiger partial charge is 0.252 e. The Balaban J connectivity index is 1.53. The van der Waals surface area contributed by atoms with Crippen molar-refractivity contribution in [2.24, 2.45) is 0 Å². The molecule has 0 bridgehead atoms. The van der Waals surface area contributed by atoms with Crippen LogP contribution in [-0.4, -0.2) is 62.6 Å². The van der Waals surface area contributed by atoms with Crippen molar-refractivity contribution in [2.75, 3.05) is 39.0 Å². The summed E-state index contributed by atoms with van der Waals surface area (Å²) in [5.74, 6) is 1.06. The Morgan fingerprint density at radius 3 is 2.59 bits per heavy atom. The van der Waals surface area contributed by atoms with E-state index in [4.69, 9.17) is 16.3 Å². The summed E-state index contributed by atoms with van der Waals surface area (Å²) < 4.78 is 32.5. The van der Waals surface area contributed by atoms with Crippen LogP contribution in [0.3, 0.4) is 0 Å². The Kier molecular flexibility index (Phi) is 6.69. The van der Waals surface area contributed by atoms with Crippen LogP contribution >= 0.6 is 34.7 Å². The predicted octanol–water partition coefficient (Wildman–Crippen LogP) is 3.04. The number of piperazine rings is 1. The van der Waals surface area contributed by atoms with Gasteiger partial charge in [0, 0.05) is 31.1 Å². The number of thiophene rings is 1. The number of methoxy groups -OCH3 is 1.